The molecule has 0 saturated heterocycles. The number of anilines is 1. The number of thiazole rings is 1. The van der Waals surface area contributed by atoms with Crippen molar-refractivity contribution in [3.8, 4) is 11.3 Å². The molecule has 154 valence electrons. The molecule has 0 saturated carbocycles. The summed E-state index contributed by atoms with van der Waals surface area (Å²) in [6.45, 7) is 5.96. The van der Waals surface area contributed by atoms with Gasteiger partial charge in [-0.3, -0.25) is 9.78 Å². The molecule has 0 aromatic carbocycles. The van der Waals surface area contributed by atoms with Gasteiger partial charge in [0.25, 0.3) is 5.91 Å². The van der Waals surface area contributed by atoms with Gasteiger partial charge in [-0.25, -0.2) is 9.97 Å². The van der Waals surface area contributed by atoms with Crippen LogP contribution < -0.4 is 5.32 Å². The standard InChI is InChI=1S/C21H20BrN5O2S/c1-4-17-19(26-21(30-17)16-7-11(2)29-27-16)13-5-6-18(24-8-13)25-20(28)14-9-23-10-15(22)12(14)3/h5-6,8-11H,4,7H2,1-3H3,(H,24,25,28). The Labute approximate surface area is 186 Å². The molecule has 1 amide bonds. The van der Waals surface area contributed by atoms with E-state index in [9.17, 15) is 4.79 Å². The van der Waals surface area contributed by atoms with Gasteiger partial charge in [-0.05, 0) is 53.9 Å². The van der Waals surface area contributed by atoms with Crippen LogP contribution in [0.3, 0.4) is 0 Å². The van der Waals surface area contributed by atoms with Crippen molar-refractivity contribution in [2.45, 2.75) is 39.7 Å². The largest absolute Gasteiger partial charge is 0.392 e. The highest BCUT2D eigenvalue weighted by Crippen LogP contribution is 2.31. The van der Waals surface area contributed by atoms with Gasteiger partial charge in [0.1, 0.15) is 22.6 Å². The van der Waals surface area contributed by atoms with E-state index in [1.54, 1.807) is 36.0 Å². The summed E-state index contributed by atoms with van der Waals surface area (Å²) < 4.78 is 0.788. The third-order valence-corrected chi connectivity index (χ3v) is 6.81. The molecular formula is C21H20BrN5O2S. The van der Waals surface area contributed by atoms with Crippen LogP contribution in [0.5, 0.6) is 0 Å². The molecule has 9 heteroatoms. The molecule has 0 spiro atoms. The molecule has 1 unspecified atom stereocenters. The molecule has 0 bridgehead atoms. The number of pyridine rings is 2. The number of nitrogens with one attached hydrogen (secondary N) is 1. The first-order valence-electron chi connectivity index (χ1n) is 9.57. The lowest BCUT2D eigenvalue weighted by atomic mass is 10.1. The van der Waals surface area contributed by atoms with Crippen LogP contribution in [0.15, 0.2) is 40.4 Å². The maximum Gasteiger partial charge on any atom is 0.258 e. The number of aromatic nitrogens is 3. The van der Waals surface area contributed by atoms with E-state index < -0.39 is 0 Å². The molecule has 3 aromatic rings. The summed E-state index contributed by atoms with van der Waals surface area (Å²) in [6, 6.07) is 3.70. The van der Waals surface area contributed by atoms with Gasteiger partial charge in [0.15, 0.2) is 0 Å². The molecule has 0 aliphatic carbocycles. The van der Waals surface area contributed by atoms with Crippen LogP contribution in [-0.4, -0.2) is 32.7 Å². The molecule has 30 heavy (non-hydrogen) atoms. The fourth-order valence-corrected chi connectivity index (χ4v) is 4.43. The highest BCUT2D eigenvalue weighted by molar-refractivity contribution is 9.10. The number of nitrogens with zero attached hydrogens (tertiary/aromatic N) is 4. The molecule has 1 aliphatic heterocycles. The molecule has 3 aromatic heterocycles. The van der Waals surface area contributed by atoms with Gasteiger partial charge in [0.05, 0.1) is 11.3 Å². The number of rotatable bonds is 5. The number of hydrogen-bond donors (Lipinski definition) is 1. The van der Waals surface area contributed by atoms with Crippen molar-refractivity contribution < 1.29 is 9.63 Å². The zero-order valence-electron chi connectivity index (χ0n) is 16.8. The van der Waals surface area contributed by atoms with Crippen molar-refractivity contribution in [1.82, 2.24) is 15.0 Å². The number of oxime groups is 1. The lowest BCUT2D eigenvalue weighted by molar-refractivity contribution is 0.0995. The third kappa shape index (κ3) is 4.13. The van der Waals surface area contributed by atoms with Gasteiger partial charge in [-0.1, -0.05) is 12.1 Å². The summed E-state index contributed by atoms with van der Waals surface area (Å²) in [6.07, 6.45) is 6.66. The van der Waals surface area contributed by atoms with Crippen molar-refractivity contribution in [2.24, 2.45) is 5.16 Å². The molecule has 0 fully saturated rings. The Hall–Kier alpha value is -2.65. The first kappa shape index (κ1) is 20.6. The summed E-state index contributed by atoms with van der Waals surface area (Å²) >= 11 is 5.04. The summed E-state index contributed by atoms with van der Waals surface area (Å²) in [5, 5.41) is 7.87. The number of carbonyl (C=O) groups is 1. The van der Waals surface area contributed by atoms with Crippen molar-refractivity contribution >= 4 is 44.7 Å². The zero-order chi connectivity index (χ0) is 21.3. The van der Waals surface area contributed by atoms with Crippen molar-refractivity contribution in [2.75, 3.05) is 5.32 Å². The number of halogens is 1. The maximum atomic E-state index is 12.6. The maximum absolute atomic E-state index is 12.6. The van der Waals surface area contributed by atoms with Crippen LogP contribution in [0.4, 0.5) is 5.82 Å². The molecule has 0 radical (unpaired) electrons. The lowest BCUT2D eigenvalue weighted by Crippen LogP contribution is -2.14. The van der Waals surface area contributed by atoms with Crippen LogP contribution in [0.25, 0.3) is 11.3 Å². The SMILES string of the molecule is CCc1sc(C2=NOC(C)C2)nc1-c1ccc(NC(=O)c2cncc(Br)c2C)nc1. The highest BCUT2D eigenvalue weighted by atomic mass is 79.9. The van der Waals surface area contributed by atoms with Crippen LogP contribution in [0, 0.1) is 6.92 Å². The third-order valence-electron chi connectivity index (χ3n) is 4.77. The van der Waals surface area contributed by atoms with Crippen molar-refractivity contribution in [3.05, 3.63) is 56.2 Å². The Morgan fingerprint density at radius 2 is 2.17 bits per heavy atom. The van der Waals surface area contributed by atoms with Crippen LogP contribution in [0.1, 0.15) is 46.1 Å². The predicted octanol–water partition coefficient (Wildman–Crippen LogP) is 5.00. The van der Waals surface area contributed by atoms with Crippen LogP contribution in [0.2, 0.25) is 0 Å². The van der Waals surface area contributed by atoms with E-state index in [-0.39, 0.29) is 12.0 Å². The van der Waals surface area contributed by atoms with Crippen molar-refractivity contribution in [3.63, 3.8) is 0 Å². The van der Waals surface area contributed by atoms with E-state index in [1.165, 1.54) is 4.88 Å². The summed E-state index contributed by atoms with van der Waals surface area (Å²) in [5.41, 5.74) is 4.02. The Bertz CT molecular complexity index is 1130. The first-order valence-corrected chi connectivity index (χ1v) is 11.2. The van der Waals surface area contributed by atoms with E-state index in [0.29, 0.717) is 11.4 Å². The van der Waals surface area contributed by atoms with E-state index in [2.05, 4.69) is 43.3 Å². The summed E-state index contributed by atoms with van der Waals surface area (Å²) in [5.74, 6) is 0.221. The van der Waals surface area contributed by atoms with Gasteiger partial charge < -0.3 is 10.2 Å². The zero-order valence-corrected chi connectivity index (χ0v) is 19.2. The van der Waals surface area contributed by atoms with Gasteiger partial charge in [0.2, 0.25) is 0 Å². The second kappa shape index (κ2) is 8.61. The van der Waals surface area contributed by atoms with E-state index >= 15 is 0 Å². The monoisotopic (exact) mass is 485 g/mol. The lowest BCUT2D eigenvalue weighted by Gasteiger charge is -2.08. The van der Waals surface area contributed by atoms with Gasteiger partial charge in [0, 0.05) is 39.9 Å². The van der Waals surface area contributed by atoms with Gasteiger partial charge in [-0.15, -0.1) is 11.3 Å². The number of aryl methyl sites for hydroxylation is 1. The second-order valence-corrected chi connectivity index (χ2v) is 8.92. The van der Waals surface area contributed by atoms with Crippen LogP contribution in [-0.2, 0) is 11.3 Å². The van der Waals surface area contributed by atoms with E-state index in [1.807, 2.05) is 19.9 Å². The molecule has 1 aliphatic rings. The van der Waals surface area contributed by atoms with Crippen molar-refractivity contribution in [1.29, 1.82) is 0 Å². The highest BCUT2D eigenvalue weighted by Gasteiger charge is 2.23. The molecule has 4 heterocycles. The number of hydrogen-bond acceptors (Lipinski definition) is 7. The minimum atomic E-state index is -0.250. The fraction of sp³-hybridized carbons (Fsp3) is 0.286. The minimum Gasteiger partial charge on any atom is -0.392 e. The Kier molecular flexibility index (Phi) is 5.92. The number of carbonyl (C=O) groups excluding carboxylic acids is 1. The summed E-state index contributed by atoms with van der Waals surface area (Å²) in [4.78, 5) is 32.3. The van der Waals surface area contributed by atoms with Crippen LogP contribution >= 0.6 is 27.3 Å². The summed E-state index contributed by atoms with van der Waals surface area (Å²) in [7, 11) is 0. The topological polar surface area (TPSA) is 89.4 Å². The average molecular weight is 486 g/mol. The smallest absolute Gasteiger partial charge is 0.258 e. The van der Waals surface area contributed by atoms with E-state index in [0.717, 1.165) is 44.9 Å². The Morgan fingerprint density at radius 1 is 1.33 bits per heavy atom. The van der Waals surface area contributed by atoms with Gasteiger partial charge in [-0.2, -0.15) is 0 Å². The first-order chi connectivity index (χ1) is 14.5. The molecule has 7 nitrogen and oxygen atoms in total. The molecule has 4 rings (SSSR count). The normalized spacial score (nSPS) is 15.6. The van der Waals surface area contributed by atoms with Gasteiger partial charge >= 0.3 is 0 Å². The predicted molar refractivity (Wildman–Crippen MR) is 121 cm³/mol. The number of amides is 1. The average Bonchev–Trinajstić information content (AvgIpc) is 3.36. The quantitative estimate of drug-likeness (QED) is 0.549. The molecule has 1 atom stereocenters. The Morgan fingerprint density at radius 3 is 2.83 bits per heavy atom. The fourth-order valence-electron chi connectivity index (χ4n) is 3.09. The van der Waals surface area contributed by atoms with E-state index in [4.69, 9.17) is 9.82 Å². The molecular weight excluding hydrogens is 466 g/mol. The second-order valence-electron chi connectivity index (χ2n) is 6.98. The Balaban J connectivity index is 1.54. The minimum absolute atomic E-state index is 0.0889. The molecule has 1 N–H and O–H groups in total.